The molecule has 0 N–H and O–H groups in total. The first-order valence-electron chi connectivity index (χ1n) is 10.7. The van der Waals surface area contributed by atoms with E-state index in [2.05, 4.69) is 20.4 Å². The second kappa shape index (κ2) is 6.13. The van der Waals surface area contributed by atoms with Gasteiger partial charge in [-0.1, -0.05) is 20.4 Å². The lowest BCUT2D eigenvalue weighted by molar-refractivity contribution is -0.138. The number of ether oxygens (including phenoxy) is 1. The molecular weight excluding hydrogens is 308 g/mol. The van der Waals surface area contributed by atoms with Crippen molar-refractivity contribution in [1.82, 2.24) is 0 Å². The minimum Gasteiger partial charge on any atom is -0.499 e. The third-order valence-electron chi connectivity index (χ3n) is 9.40. The lowest BCUT2D eigenvalue weighted by Crippen LogP contribution is -2.54. The molecule has 0 heterocycles. The highest BCUT2D eigenvalue weighted by atomic mass is 16.5. The first-order chi connectivity index (χ1) is 11.9. The summed E-state index contributed by atoms with van der Waals surface area (Å²) >= 11 is 0. The molecular formula is C23H36O2. The molecule has 4 rings (SSSR count). The van der Waals surface area contributed by atoms with Crippen LogP contribution in [0.25, 0.3) is 0 Å². The molecule has 0 aliphatic heterocycles. The predicted molar refractivity (Wildman–Crippen MR) is 101 cm³/mol. The fourth-order valence-electron chi connectivity index (χ4n) is 8.15. The Morgan fingerprint density at radius 1 is 1.00 bits per heavy atom. The molecule has 0 aromatic rings. The average Bonchev–Trinajstić information content (AvgIpc) is 2.93. The van der Waals surface area contributed by atoms with Crippen LogP contribution in [0.1, 0.15) is 78.6 Å². The minimum atomic E-state index is 0.291. The standard InChI is InChI=1S/C23H36O2/c1-5-25-17-10-12-22(3)16(14-17)6-7-18-20-9-8-19(15(2)24)23(20,4)13-11-21(18)22/h5,16-21H,1,6-14H2,2-4H3/t16-,17?,18-,19+,20-,21-,22-,23+/m0/s1. The SMILES string of the molecule is C=COC1CC[C@@]2(C)[C@@H](CC[C@@H]3[C@@H]2CC[C@]2(C)[C@@H](C(C)=O)CC[C@@H]32)C1. The van der Waals surface area contributed by atoms with E-state index in [9.17, 15) is 4.79 Å². The maximum atomic E-state index is 12.2. The van der Waals surface area contributed by atoms with Crippen LogP contribution in [-0.2, 0) is 9.53 Å². The molecule has 0 radical (unpaired) electrons. The number of hydrogen-bond acceptors (Lipinski definition) is 2. The number of hydrogen-bond donors (Lipinski definition) is 0. The lowest BCUT2D eigenvalue weighted by Gasteiger charge is -2.61. The molecule has 25 heavy (non-hydrogen) atoms. The van der Waals surface area contributed by atoms with Gasteiger partial charge in [0.2, 0.25) is 0 Å². The molecule has 4 fully saturated rings. The highest BCUT2D eigenvalue weighted by Crippen LogP contribution is 2.67. The molecule has 4 saturated carbocycles. The van der Waals surface area contributed by atoms with Crippen molar-refractivity contribution < 1.29 is 9.53 Å². The van der Waals surface area contributed by atoms with Crippen LogP contribution in [0.4, 0.5) is 0 Å². The maximum Gasteiger partial charge on any atom is 0.133 e. The van der Waals surface area contributed by atoms with Crippen LogP contribution in [0.2, 0.25) is 0 Å². The van der Waals surface area contributed by atoms with E-state index in [0.717, 1.165) is 30.1 Å². The van der Waals surface area contributed by atoms with Gasteiger partial charge in [-0.15, -0.1) is 0 Å². The highest BCUT2D eigenvalue weighted by Gasteiger charge is 2.60. The van der Waals surface area contributed by atoms with Crippen molar-refractivity contribution in [2.75, 3.05) is 0 Å². The van der Waals surface area contributed by atoms with Crippen molar-refractivity contribution in [3.05, 3.63) is 12.8 Å². The molecule has 2 heteroatoms. The van der Waals surface area contributed by atoms with Crippen molar-refractivity contribution in [2.45, 2.75) is 84.7 Å². The molecule has 0 bridgehead atoms. The zero-order chi connectivity index (χ0) is 17.8. The number of ketones is 1. The Hall–Kier alpha value is -0.790. The van der Waals surface area contributed by atoms with Crippen molar-refractivity contribution in [3.8, 4) is 0 Å². The van der Waals surface area contributed by atoms with Crippen molar-refractivity contribution in [3.63, 3.8) is 0 Å². The minimum absolute atomic E-state index is 0.291. The maximum absolute atomic E-state index is 12.2. The van der Waals surface area contributed by atoms with Gasteiger partial charge in [-0.25, -0.2) is 0 Å². The topological polar surface area (TPSA) is 26.3 Å². The summed E-state index contributed by atoms with van der Waals surface area (Å²) in [5.74, 6) is 4.13. The smallest absolute Gasteiger partial charge is 0.133 e. The monoisotopic (exact) mass is 344 g/mol. The van der Waals surface area contributed by atoms with E-state index in [1.165, 1.54) is 51.4 Å². The highest BCUT2D eigenvalue weighted by molar-refractivity contribution is 5.79. The van der Waals surface area contributed by atoms with Gasteiger partial charge in [-0.3, -0.25) is 4.79 Å². The first-order valence-corrected chi connectivity index (χ1v) is 10.7. The fourth-order valence-corrected chi connectivity index (χ4v) is 8.15. The van der Waals surface area contributed by atoms with Crippen molar-refractivity contribution in [2.24, 2.45) is 40.4 Å². The van der Waals surface area contributed by atoms with Crippen LogP contribution in [0.5, 0.6) is 0 Å². The van der Waals surface area contributed by atoms with Gasteiger partial charge < -0.3 is 4.74 Å². The van der Waals surface area contributed by atoms with E-state index in [0.29, 0.717) is 28.6 Å². The summed E-state index contributed by atoms with van der Waals surface area (Å²) in [4.78, 5) is 12.2. The van der Waals surface area contributed by atoms with Crippen LogP contribution in [-0.4, -0.2) is 11.9 Å². The Morgan fingerprint density at radius 3 is 2.44 bits per heavy atom. The number of carbonyl (C=O) groups is 1. The summed E-state index contributed by atoms with van der Waals surface area (Å²) in [5, 5.41) is 0. The van der Waals surface area contributed by atoms with Gasteiger partial charge in [0.15, 0.2) is 0 Å². The second-order valence-corrected chi connectivity index (χ2v) is 10.1. The molecule has 0 saturated heterocycles. The Morgan fingerprint density at radius 2 is 1.72 bits per heavy atom. The van der Waals surface area contributed by atoms with Crippen LogP contribution in [0, 0.1) is 40.4 Å². The van der Waals surface area contributed by atoms with Crippen LogP contribution < -0.4 is 0 Å². The van der Waals surface area contributed by atoms with Crippen LogP contribution in [0.3, 0.4) is 0 Å². The number of fused-ring (bicyclic) bond motifs is 5. The van der Waals surface area contributed by atoms with E-state index in [-0.39, 0.29) is 0 Å². The fraction of sp³-hybridized carbons (Fsp3) is 0.870. The summed E-state index contributed by atoms with van der Waals surface area (Å²) in [6.45, 7) is 10.6. The summed E-state index contributed by atoms with van der Waals surface area (Å²) in [7, 11) is 0. The van der Waals surface area contributed by atoms with Gasteiger partial charge in [0.05, 0.1) is 12.4 Å². The Kier molecular flexibility index (Phi) is 4.32. The van der Waals surface area contributed by atoms with E-state index >= 15 is 0 Å². The number of rotatable bonds is 3. The van der Waals surface area contributed by atoms with E-state index in [1.54, 1.807) is 6.26 Å². The third kappa shape index (κ3) is 2.53. The van der Waals surface area contributed by atoms with E-state index in [4.69, 9.17) is 4.74 Å². The summed E-state index contributed by atoms with van der Waals surface area (Å²) < 4.78 is 5.77. The molecule has 4 aliphatic carbocycles. The molecule has 0 spiro atoms. The summed E-state index contributed by atoms with van der Waals surface area (Å²) in [6.07, 6.45) is 13.6. The Balaban J connectivity index is 1.56. The molecule has 2 nitrogen and oxygen atoms in total. The average molecular weight is 345 g/mol. The largest absolute Gasteiger partial charge is 0.499 e. The molecule has 140 valence electrons. The molecule has 8 atom stereocenters. The number of carbonyl (C=O) groups excluding carboxylic acids is 1. The van der Waals surface area contributed by atoms with Gasteiger partial charge >= 0.3 is 0 Å². The molecule has 0 amide bonds. The molecule has 0 aromatic carbocycles. The predicted octanol–water partition coefficient (Wildman–Crippen LogP) is 5.76. The van der Waals surface area contributed by atoms with E-state index < -0.39 is 0 Å². The quantitative estimate of drug-likeness (QED) is 0.608. The van der Waals surface area contributed by atoms with Crippen LogP contribution >= 0.6 is 0 Å². The first kappa shape index (κ1) is 17.6. The Bertz CT molecular complexity index is 554. The van der Waals surface area contributed by atoms with Gasteiger partial charge in [0.1, 0.15) is 5.78 Å². The second-order valence-electron chi connectivity index (χ2n) is 10.1. The zero-order valence-corrected chi connectivity index (χ0v) is 16.4. The number of Topliss-reactive ketones (excluding diaryl/α,β-unsaturated/α-hetero) is 1. The summed E-state index contributed by atoms with van der Waals surface area (Å²) in [6, 6.07) is 0. The van der Waals surface area contributed by atoms with Crippen LogP contribution in [0.15, 0.2) is 12.8 Å². The van der Waals surface area contributed by atoms with Crippen molar-refractivity contribution in [1.29, 1.82) is 0 Å². The molecule has 0 aromatic heterocycles. The lowest BCUT2D eigenvalue weighted by atomic mass is 9.44. The van der Waals surface area contributed by atoms with Gasteiger partial charge in [0, 0.05) is 5.92 Å². The van der Waals surface area contributed by atoms with E-state index in [1.807, 2.05) is 6.92 Å². The molecule has 1 unspecified atom stereocenters. The normalized spacial score (nSPS) is 51.8. The Labute approximate surface area is 153 Å². The molecule has 4 aliphatic rings. The van der Waals surface area contributed by atoms with Gasteiger partial charge in [0.25, 0.3) is 0 Å². The van der Waals surface area contributed by atoms with Crippen molar-refractivity contribution >= 4 is 5.78 Å². The van der Waals surface area contributed by atoms with Gasteiger partial charge in [-0.2, -0.15) is 0 Å². The van der Waals surface area contributed by atoms with Gasteiger partial charge in [-0.05, 0) is 99.2 Å². The third-order valence-corrected chi connectivity index (χ3v) is 9.40. The summed E-state index contributed by atoms with van der Waals surface area (Å²) in [5.41, 5.74) is 0.791. The zero-order valence-electron chi connectivity index (χ0n) is 16.4.